The van der Waals surface area contributed by atoms with Gasteiger partial charge in [0, 0.05) is 28.1 Å². The van der Waals surface area contributed by atoms with Crippen LogP contribution >= 0.6 is 11.8 Å². The normalized spacial score (nSPS) is 15.5. The van der Waals surface area contributed by atoms with Crippen molar-refractivity contribution in [3.05, 3.63) is 82.9 Å². The molecular weight excluding hydrogens is 394 g/mol. The van der Waals surface area contributed by atoms with Crippen LogP contribution in [0.4, 0.5) is 0 Å². The molecule has 6 heteroatoms. The largest absolute Gasteiger partial charge is 0.466 e. The summed E-state index contributed by atoms with van der Waals surface area (Å²) in [5.74, 6) is -0.962. The van der Waals surface area contributed by atoms with Crippen molar-refractivity contribution in [2.24, 2.45) is 5.92 Å². The Kier molecular flexibility index (Phi) is 6.38. The van der Waals surface area contributed by atoms with Crippen molar-refractivity contribution in [2.45, 2.75) is 10.8 Å². The number of fused-ring (bicyclic) bond motifs is 1. The molecule has 2 atom stereocenters. The monoisotopic (exact) mass is 411 g/mol. The van der Waals surface area contributed by atoms with Gasteiger partial charge in [0.15, 0.2) is 0 Å². The van der Waals surface area contributed by atoms with Gasteiger partial charge < -0.3 is 4.74 Å². The topological polar surface area (TPSA) is 97.7 Å². The second-order valence-corrected chi connectivity index (χ2v) is 7.72. The van der Waals surface area contributed by atoms with Gasteiger partial charge in [0.25, 0.3) is 0 Å². The van der Waals surface area contributed by atoms with Crippen LogP contribution in [-0.4, -0.2) is 18.8 Å². The first-order valence-corrected chi connectivity index (χ1v) is 10.1. The number of benzene rings is 2. The number of allylic oxidation sites excluding steroid dienone is 2. The van der Waals surface area contributed by atoms with E-state index in [1.807, 2.05) is 42.5 Å². The maximum Gasteiger partial charge on any atom is 0.333 e. The standard InChI is InChI=1S/C24H17N3O2S/c1-15(24(28)29-2)22(17-7-5-6-16(10-17)11-25)20-14-30-21-9-4-3-8-19(21)23(20)18(12-26)13-27/h3-10,20,22H,1,14H2,2H3/t20-,22-/m0/s1. The van der Waals surface area contributed by atoms with E-state index in [9.17, 15) is 20.6 Å². The first kappa shape index (κ1) is 20.9. The van der Waals surface area contributed by atoms with Crippen molar-refractivity contribution in [1.82, 2.24) is 0 Å². The Morgan fingerprint density at radius 1 is 1.17 bits per heavy atom. The van der Waals surface area contributed by atoms with Crippen molar-refractivity contribution >= 4 is 23.3 Å². The molecule has 1 aliphatic rings. The highest BCUT2D eigenvalue weighted by atomic mass is 32.2. The average molecular weight is 411 g/mol. The van der Waals surface area contributed by atoms with Gasteiger partial charge in [0.05, 0.1) is 18.7 Å². The fourth-order valence-electron chi connectivity index (χ4n) is 3.74. The van der Waals surface area contributed by atoms with Crippen LogP contribution in [0, 0.1) is 39.9 Å². The third kappa shape index (κ3) is 3.85. The highest BCUT2D eigenvalue weighted by Gasteiger charge is 2.37. The number of ether oxygens (including phenoxy) is 1. The Balaban J connectivity index is 2.27. The summed E-state index contributed by atoms with van der Waals surface area (Å²) in [5.41, 5.74) is 2.77. The minimum atomic E-state index is -0.568. The summed E-state index contributed by atoms with van der Waals surface area (Å²) in [4.78, 5) is 13.4. The van der Waals surface area contributed by atoms with Crippen LogP contribution in [0.2, 0.25) is 0 Å². The second-order valence-electron chi connectivity index (χ2n) is 6.66. The zero-order chi connectivity index (χ0) is 21.7. The molecule has 3 rings (SSSR count). The third-order valence-corrected chi connectivity index (χ3v) is 6.25. The van der Waals surface area contributed by atoms with Gasteiger partial charge in [-0.15, -0.1) is 11.8 Å². The number of carbonyl (C=O) groups excluding carboxylic acids is 1. The molecule has 2 aromatic carbocycles. The number of hydrogen-bond acceptors (Lipinski definition) is 6. The molecule has 0 radical (unpaired) electrons. The Morgan fingerprint density at radius 3 is 2.57 bits per heavy atom. The van der Waals surface area contributed by atoms with Gasteiger partial charge in [-0.2, -0.15) is 15.8 Å². The maximum atomic E-state index is 12.4. The summed E-state index contributed by atoms with van der Waals surface area (Å²) in [6, 6.07) is 20.7. The summed E-state index contributed by atoms with van der Waals surface area (Å²) in [6.07, 6.45) is 0. The van der Waals surface area contributed by atoms with Crippen LogP contribution in [0.25, 0.3) is 5.57 Å². The molecule has 1 aliphatic heterocycles. The van der Waals surface area contributed by atoms with Crippen LogP contribution in [-0.2, 0) is 9.53 Å². The Hall–Kier alpha value is -3.79. The SMILES string of the molecule is C=C(C(=O)OC)[C@@H](c1cccc(C#N)c1)[C@@H]1CSc2ccccc2C1=C(C#N)C#N. The van der Waals surface area contributed by atoms with Crippen molar-refractivity contribution < 1.29 is 9.53 Å². The zero-order valence-corrected chi connectivity index (χ0v) is 17.1. The van der Waals surface area contributed by atoms with Crippen molar-refractivity contribution in [3.63, 3.8) is 0 Å². The molecule has 0 bridgehead atoms. The van der Waals surface area contributed by atoms with Crippen LogP contribution in [0.1, 0.15) is 22.6 Å². The zero-order valence-electron chi connectivity index (χ0n) is 16.3. The quantitative estimate of drug-likeness (QED) is 0.414. The van der Waals surface area contributed by atoms with Gasteiger partial charge in [-0.25, -0.2) is 4.79 Å². The molecule has 0 saturated carbocycles. The minimum absolute atomic E-state index is 0.00635. The number of hydrogen-bond donors (Lipinski definition) is 0. The van der Waals surface area contributed by atoms with Crippen LogP contribution < -0.4 is 0 Å². The van der Waals surface area contributed by atoms with Gasteiger partial charge in [-0.05, 0) is 34.9 Å². The first-order valence-electron chi connectivity index (χ1n) is 9.09. The van der Waals surface area contributed by atoms with E-state index < -0.39 is 11.9 Å². The average Bonchev–Trinajstić information content (AvgIpc) is 2.80. The lowest BCUT2D eigenvalue weighted by atomic mass is 9.74. The number of carbonyl (C=O) groups is 1. The van der Waals surface area contributed by atoms with E-state index in [2.05, 4.69) is 12.6 Å². The molecule has 2 aromatic rings. The Morgan fingerprint density at radius 2 is 1.90 bits per heavy atom. The third-order valence-electron chi connectivity index (χ3n) is 5.06. The lowest BCUT2D eigenvalue weighted by Gasteiger charge is -2.34. The van der Waals surface area contributed by atoms with E-state index in [-0.39, 0.29) is 17.1 Å². The van der Waals surface area contributed by atoms with Gasteiger partial charge in [-0.3, -0.25) is 0 Å². The molecule has 0 unspecified atom stereocenters. The minimum Gasteiger partial charge on any atom is -0.466 e. The number of methoxy groups -OCH3 is 1. The van der Waals surface area contributed by atoms with Crippen LogP contribution in [0.5, 0.6) is 0 Å². The molecular formula is C24H17N3O2S. The summed E-state index contributed by atoms with van der Waals surface area (Å²) in [7, 11) is 1.29. The molecule has 5 nitrogen and oxygen atoms in total. The summed E-state index contributed by atoms with van der Waals surface area (Å²) in [6.45, 7) is 3.98. The van der Waals surface area contributed by atoms with Gasteiger partial charge in [0.2, 0.25) is 0 Å². The van der Waals surface area contributed by atoms with E-state index in [0.717, 1.165) is 10.5 Å². The van der Waals surface area contributed by atoms with E-state index >= 15 is 0 Å². The first-order chi connectivity index (χ1) is 14.5. The van der Waals surface area contributed by atoms with E-state index in [0.29, 0.717) is 22.5 Å². The molecule has 0 aliphatic carbocycles. The number of thioether (sulfide) groups is 1. The van der Waals surface area contributed by atoms with E-state index in [1.54, 1.807) is 30.0 Å². The Bertz CT molecular complexity index is 1160. The smallest absolute Gasteiger partial charge is 0.333 e. The molecule has 30 heavy (non-hydrogen) atoms. The van der Waals surface area contributed by atoms with Crippen LogP contribution in [0.3, 0.4) is 0 Å². The maximum absolute atomic E-state index is 12.4. The van der Waals surface area contributed by atoms with Crippen molar-refractivity contribution in [2.75, 3.05) is 12.9 Å². The second kappa shape index (κ2) is 9.14. The lowest BCUT2D eigenvalue weighted by Crippen LogP contribution is -2.26. The van der Waals surface area contributed by atoms with Gasteiger partial charge in [-0.1, -0.05) is 36.9 Å². The highest BCUT2D eigenvalue weighted by Crippen LogP contribution is 2.49. The van der Waals surface area contributed by atoms with Crippen molar-refractivity contribution in [3.8, 4) is 18.2 Å². The molecule has 0 amide bonds. The highest BCUT2D eigenvalue weighted by molar-refractivity contribution is 7.99. The molecule has 0 fully saturated rings. The fourth-order valence-corrected chi connectivity index (χ4v) is 4.97. The van der Waals surface area contributed by atoms with E-state index in [4.69, 9.17) is 4.74 Å². The number of nitrogens with zero attached hydrogens (tertiary/aromatic N) is 3. The summed E-state index contributed by atoms with van der Waals surface area (Å²) < 4.78 is 4.92. The Labute approximate surface area is 179 Å². The van der Waals surface area contributed by atoms with Gasteiger partial charge >= 0.3 is 5.97 Å². The number of esters is 1. The predicted octanol–water partition coefficient (Wildman–Crippen LogP) is 4.59. The van der Waals surface area contributed by atoms with E-state index in [1.165, 1.54) is 7.11 Å². The van der Waals surface area contributed by atoms with Crippen LogP contribution in [0.15, 0.2) is 71.2 Å². The predicted molar refractivity (Wildman–Crippen MR) is 114 cm³/mol. The molecule has 146 valence electrons. The summed E-state index contributed by atoms with van der Waals surface area (Å²) in [5, 5.41) is 28.6. The lowest BCUT2D eigenvalue weighted by molar-refractivity contribution is -0.136. The molecule has 0 saturated heterocycles. The van der Waals surface area contributed by atoms with Gasteiger partial charge in [0.1, 0.15) is 17.7 Å². The molecule has 0 spiro atoms. The number of rotatable bonds is 4. The van der Waals surface area contributed by atoms with Crippen molar-refractivity contribution in [1.29, 1.82) is 15.8 Å². The fraction of sp³-hybridized carbons (Fsp3) is 0.167. The summed E-state index contributed by atoms with van der Waals surface area (Å²) >= 11 is 1.60. The molecule has 1 heterocycles. The molecule has 0 aromatic heterocycles. The number of nitriles is 3. The molecule has 0 N–H and O–H groups in total.